The number of para-hydroxylation sites is 1. The second kappa shape index (κ2) is 6.69. The lowest BCUT2D eigenvalue weighted by molar-refractivity contribution is 0.100. The summed E-state index contributed by atoms with van der Waals surface area (Å²) in [6, 6.07) is 9.18. The molecule has 3 rings (SSSR count). The minimum atomic E-state index is -0.605. The molecule has 0 radical (unpaired) electrons. The minimum Gasteiger partial charge on any atom is -0.486 e. The number of hydrogen-bond donors (Lipinski definition) is 2. The van der Waals surface area contributed by atoms with E-state index in [2.05, 4.69) is 9.84 Å². The van der Waals surface area contributed by atoms with Crippen molar-refractivity contribution in [3.8, 4) is 5.75 Å². The van der Waals surface area contributed by atoms with E-state index in [0.717, 1.165) is 0 Å². The molecule has 0 bridgehead atoms. The lowest BCUT2D eigenvalue weighted by Gasteiger charge is -2.24. The molecule has 0 saturated carbocycles. The zero-order chi connectivity index (χ0) is 18.8. The van der Waals surface area contributed by atoms with Crippen LogP contribution in [0.4, 0.5) is 10.1 Å². The first-order valence-electron chi connectivity index (χ1n) is 7.74. The van der Waals surface area contributed by atoms with Crippen molar-refractivity contribution in [2.45, 2.75) is 13.0 Å². The molecule has 1 heterocycles. The van der Waals surface area contributed by atoms with Gasteiger partial charge in [0, 0.05) is 11.1 Å². The van der Waals surface area contributed by atoms with Crippen molar-refractivity contribution >= 4 is 23.1 Å². The number of benzene rings is 2. The molecular weight excluding hydrogens is 335 g/mol. The number of nitrogens with zero attached hydrogens (tertiary/aromatic N) is 2. The molecule has 7 heteroatoms. The molecule has 6 nitrogen and oxygen atoms in total. The van der Waals surface area contributed by atoms with Crippen molar-refractivity contribution in [1.82, 2.24) is 0 Å². The number of carbonyl (C=O) groups is 1. The molecule has 26 heavy (non-hydrogen) atoms. The first-order valence-corrected chi connectivity index (χ1v) is 7.74. The summed E-state index contributed by atoms with van der Waals surface area (Å²) in [6.45, 7) is 9.12. The predicted molar refractivity (Wildman–Crippen MR) is 96.4 cm³/mol. The number of ether oxygens (including phenoxy) is 1. The van der Waals surface area contributed by atoms with Crippen LogP contribution in [0.15, 0.2) is 47.5 Å². The Hall–Kier alpha value is -3.66. The molecule has 1 amide bonds. The number of rotatable bonds is 2. The average Bonchev–Trinajstić information content (AvgIpc) is 2.59. The van der Waals surface area contributed by atoms with Gasteiger partial charge < -0.3 is 16.2 Å². The topological polar surface area (TPSA) is 95.1 Å². The third kappa shape index (κ3) is 3.13. The second-order valence-electron chi connectivity index (χ2n) is 5.70. The van der Waals surface area contributed by atoms with E-state index in [9.17, 15) is 9.18 Å². The van der Waals surface area contributed by atoms with E-state index in [1.807, 2.05) is 6.92 Å². The molecule has 0 saturated heterocycles. The third-order valence-electron chi connectivity index (χ3n) is 3.85. The molecule has 4 N–H and O–H groups in total. The van der Waals surface area contributed by atoms with E-state index in [4.69, 9.17) is 22.8 Å². The Morgan fingerprint density at radius 2 is 2.04 bits per heavy atom. The summed E-state index contributed by atoms with van der Waals surface area (Å²) >= 11 is 0. The fourth-order valence-electron chi connectivity index (χ4n) is 2.80. The molecule has 0 fully saturated rings. The summed E-state index contributed by atoms with van der Waals surface area (Å²) < 4.78 is 19.8. The molecule has 2 aromatic carbocycles. The van der Waals surface area contributed by atoms with Gasteiger partial charge in [-0.2, -0.15) is 4.99 Å². The Kier molecular flexibility index (Phi) is 4.42. The van der Waals surface area contributed by atoms with Gasteiger partial charge in [0.15, 0.2) is 5.96 Å². The molecular formula is C19H15FN4O2. The molecule has 1 aliphatic heterocycles. The molecule has 130 valence electrons. The van der Waals surface area contributed by atoms with Gasteiger partial charge in [0.2, 0.25) is 5.69 Å². The van der Waals surface area contributed by atoms with E-state index in [-0.39, 0.29) is 23.3 Å². The molecule has 2 aromatic rings. The molecule has 1 atom stereocenters. The van der Waals surface area contributed by atoms with E-state index in [0.29, 0.717) is 22.4 Å². The highest BCUT2D eigenvalue weighted by Gasteiger charge is 2.23. The maximum absolute atomic E-state index is 14.1. The van der Waals surface area contributed by atoms with Crippen molar-refractivity contribution < 1.29 is 13.9 Å². The number of guanidine groups is 1. The maximum Gasteiger partial charge on any atom is 0.280 e. The number of hydrogen-bond acceptors (Lipinski definition) is 2. The van der Waals surface area contributed by atoms with Gasteiger partial charge >= 0.3 is 0 Å². The van der Waals surface area contributed by atoms with Gasteiger partial charge in [0.25, 0.3) is 5.91 Å². The lowest BCUT2D eigenvalue weighted by atomic mass is 9.91. The normalized spacial score (nSPS) is 15.1. The number of aliphatic imine (C=N–C) groups is 1. The summed E-state index contributed by atoms with van der Waals surface area (Å²) in [5, 5.41) is 0. The van der Waals surface area contributed by atoms with Gasteiger partial charge in [-0.05, 0) is 48.4 Å². The highest BCUT2D eigenvalue weighted by atomic mass is 19.1. The van der Waals surface area contributed by atoms with Crippen LogP contribution in [0.3, 0.4) is 0 Å². The van der Waals surface area contributed by atoms with Gasteiger partial charge in [0.05, 0.1) is 6.57 Å². The number of halogens is 1. The third-order valence-corrected chi connectivity index (χ3v) is 3.85. The first kappa shape index (κ1) is 17.2. The Bertz CT molecular complexity index is 1000. The lowest BCUT2D eigenvalue weighted by Crippen LogP contribution is -2.24. The van der Waals surface area contributed by atoms with Crippen molar-refractivity contribution in [2.24, 2.45) is 16.5 Å². The van der Waals surface area contributed by atoms with Crippen molar-refractivity contribution in [2.75, 3.05) is 0 Å². The highest BCUT2D eigenvalue weighted by Crippen LogP contribution is 2.40. The van der Waals surface area contributed by atoms with Crippen LogP contribution in [0.5, 0.6) is 5.75 Å². The van der Waals surface area contributed by atoms with Crippen molar-refractivity contribution in [3.63, 3.8) is 0 Å². The SMILES string of the molecule is [C-]#[N+]c1c(F)cccc1C1=CC(C)Oc2ccc(C(=O)N=C(N)N)cc21. The Morgan fingerprint density at radius 1 is 1.27 bits per heavy atom. The highest BCUT2D eigenvalue weighted by molar-refractivity contribution is 6.03. The summed E-state index contributed by atoms with van der Waals surface area (Å²) in [6.07, 6.45) is 1.50. The largest absolute Gasteiger partial charge is 0.486 e. The molecule has 1 aliphatic rings. The van der Waals surface area contributed by atoms with Crippen LogP contribution in [0.2, 0.25) is 0 Å². The predicted octanol–water partition coefficient (Wildman–Crippen LogP) is 3.00. The molecule has 0 spiro atoms. The zero-order valence-corrected chi connectivity index (χ0v) is 13.9. The average molecular weight is 350 g/mol. The number of nitrogens with two attached hydrogens (primary N) is 2. The monoisotopic (exact) mass is 350 g/mol. The van der Waals surface area contributed by atoms with Gasteiger partial charge in [-0.25, -0.2) is 9.24 Å². The summed E-state index contributed by atoms with van der Waals surface area (Å²) in [4.78, 5) is 18.9. The fraction of sp³-hybridized carbons (Fsp3) is 0.105. The standard InChI is InChI=1S/C19H15FN4O2/c1-10-8-13(12-4-3-5-15(20)17(12)23-2)14-9-11(6-7-16(14)26-10)18(25)24-19(21)22/h3-10H,1H3,(H4,21,22,24,25). The van der Waals surface area contributed by atoms with Crippen LogP contribution in [-0.2, 0) is 0 Å². The van der Waals surface area contributed by atoms with E-state index >= 15 is 0 Å². The molecule has 0 aromatic heterocycles. The van der Waals surface area contributed by atoms with Crippen LogP contribution in [0.1, 0.15) is 28.4 Å². The summed E-state index contributed by atoms with van der Waals surface area (Å²) in [5.74, 6) is -1.02. The Balaban J connectivity index is 2.19. The van der Waals surface area contributed by atoms with Crippen LogP contribution in [-0.4, -0.2) is 18.0 Å². The van der Waals surface area contributed by atoms with E-state index in [1.54, 1.807) is 30.3 Å². The number of fused-ring (bicyclic) bond motifs is 1. The summed E-state index contributed by atoms with van der Waals surface area (Å²) in [5.41, 5.74) is 12.3. The zero-order valence-electron chi connectivity index (χ0n) is 13.9. The maximum atomic E-state index is 14.1. The van der Waals surface area contributed by atoms with Crippen molar-refractivity contribution in [3.05, 3.63) is 76.4 Å². The van der Waals surface area contributed by atoms with Gasteiger partial charge in [0.1, 0.15) is 17.7 Å². The second-order valence-corrected chi connectivity index (χ2v) is 5.70. The van der Waals surface area contributed by atoms with Gasteiger partial charge in [-0.3, -0.25) is 4.79 Å². The van der Waals surface area contributed by atoms with Gasteiger partial charge in [-0.1, -0.05) is 12.1 Å². The van der Waals surface area contributed by atoms with E-state index in [1.165, 1.54) is 12.1 Å². The number of amides is 1. The van der Waals surface area contributed by atoms with E-state index < -0.39 is 11.7 Å². The smallest absolute Gasteiger partial charge is 0.280 e. The fourth-order valence-corrected chi connectivity index (χ4v) is 2.80. The van der Waals surface area contributed by atoms with Gasteiger partial charge in [-0.15, -0.1) is 0 Å². The van der Waals surface area contributed by atoms with Crippen LogP contribution >= 0.6 is 0 Å². The first-order chi connectivity index (χ1) is 12.4. The van der Waals surface area contributed by atoms with Crippen molar-refractivity contribution in [1.29, 1.82) is 0 Å². The Morgan fingerprint density at radius 3 is 2.73 bits per heavy atom. The van der Waals surface area contributed by atoms with Crippen LogP contribution in [0, 0.1) is 12.4 Å². The van der Waals surface area contributed by atoms with Crippen LogP contribution < -0.4 is 16.2 Å². The number of carbonyl (C=O) groups excluding carboxylic acids is 1. The quantitative estimate of drug-likeness (QED) is 0.494. The molecule has 0 aliphatic carbocycles. The molecule has 1 unspecified atom stereocenters. The minimum absolute atomic E-state index is 0.0836. The van der Waals surface area contributed by atoms with Crippen LogP contribution in [0.25, 0.3) is 10.4 Å². The Labute approximate surface area is 149 Å². The summed E-state index contributed by atoms with van der Waals surface area (Å²) in [7, 11) is 0.